The standard InChI is InChI=1S/C18H19N3O2S/c1-11(15-7-12-9-20-6-4-14(12)23-15)21-18(22)17-8-13-10-19-5-2-3-16(13)24-17/h4,6-9,11,19H,2-3,5,10H2,1H3,(H,21,22). The molecule has 1 aliphatic heterocycles. The first kappa shape index (κ1) is 15.4. The van der Waals surface area contributed by atoms with Crippen molar-refractivity contribution in [2.45, 2.75) is 32.4 Å². The molecule has 1 atom stereocenters. The Hall–Kier alpha value is -2.18. The van der Waals surface area contributed by atoms with Gasteiger partial charge in [-0.15, -0.1) is 11.3 Å². The number of furan rings is 1. The van der Waals surface area contributed by atoms with Crippen molar-refractivity contribution in [3.63, 3.8) is 0 Å². The monoisotopic (exact) mass is 341 g/mol. The van der Waals surface area contributed by atoms with Gasteiger partial charge >= 0.3 is 0 Å². The molecule has 0 aromatic carbocycles. The zero-order chi connectivity index (χ0) is 16.5. The largest absolute Gasteiger partial charge is 0.459 e. The average molecular weight is 341 g/mol. The van der Waals surface area contributed by atoms with Gasteiger partial charge in [0.1, 0.15) is 11.3 Å². The first-order valence-electron chi connectivity index (χ1n) is 8.17. The van der Waals surface area contributed by atoms with Gasteiger partial charge in [-0.1, -0.05) is 0 Å². The second-order valence-corrected chi connectivity index (χ2v) is 7.23. The summed E-state index contributed by atoms with van der Waals surface area (Å²) in [6.07, 6.45) is 5.64. The first-order valence-corrected chi connectivity index (χ1v) is 8.99. The summed E-state index contributed by atoms with van der Waals surface area (Å²) in [6.45, 7) is 3.83. The van der Waals surface area contributed by atoms with Gasteiger partial charge in [-0.05, 0) is 50.1 Å². The lowest BCUT2D eigenvalue weighted by molar-refractivity contribution is 0.0940. The molecule has 3 aromatic heterocycles. The summed E-state index contributed by atoms with van der Waals surface area (Å²) in [4.78, 5) is 18.8. The number of fused-ring (bicyclic) bond motifs is 2. The number of amides is 1. The summed E-state index contributed by atoms with van der Waals surface area (Å²) in [5.41, 5.74) is 2.04. The Morgan fingerprint density at radius 3 is 3.25 bits per heavy atom. The summed E-state index contributed by atoms with van der Waals surface area (Å²) < 4.78 is 5.80. The van der Waals surface area contributed by atoms with Gasteiger partial charge in [-0.25, -0.2) is 0 Å². The fourth-order valence-electron chi connectivity index (χ4n) is 2.99. The minimum Gasteiger partial charge on any atom is -0.459 e. The zero-order valence-electron chi connectivity index (χ0n) is 13.5. The van der Waals surface area contributed by atoms with Crippen molar-refractivity contribution in [2.75, 3.05) is 6.54 Å². The number of thiophene rings is 1. The lowest BCUT2D eigenvalue weighted by Crippen LogP contribution is -2.25. The molecule has 24 heavy (non-hydrogen) atoms. The van der Waals surface area contributed by atoms with Gasteiger partial charge in [0.15, 0.2) is 0 Å². The normalized spacial score (nSPS) is 15.7. The maximum atomic E-state index is 12.6. The van der Waals surface area contributed by atoms with E-state index < -0.39 is 0 Å². The van der Waals surface area contributed by atoms with E-state index in [4.69, 9.17) is 4.42 Å². The number of aromatic nitrogens is 1. The molecule has 0 spiro atoms. The van der Waals surface area contributed by atoms with Crippen LogP contribution in [0.2, 0.25) is 0 Å². The van der Waals surface area contributed by atoms with E-state index in [0.717, 1.165) is 47.5 Å². The van der Waals surface area contributed by atoms with Gasteiger partial charge in [0.2, 0.25) is 0 Å². The van der Waals surface area contributed by atoms with Crippen LogP contribution in [-0.2, 0) is 13.0 Å². The van der Waals surface area contributed by atoms with E-state index in [2.05, 4.69) is 15.6 Å². The molecule has 6 heteroatoms. The van der Waals surface area contributed by atoms with Gasteiger partial charge in [0, 0.05) is 29.2 Å². The van der Waals surface area contributed by atoms with Crippen LogP contribution in [0.5, 0.6) is 0 Å². The second kappa shape index (κ2) is 6.37. The number of pyridine rings is 1. The van der Waals surface area contributed by atoms with Crippen molar-refractivity contribution in [1.29, 1.82) is 0 Å². The highest BCUT2D eigenvalue weighted by Gasteiger charge is 2.19. The van der Waals surface area contributed by atoms with Crippen molar-refractivity contribution in [2.24, 2.45) is 0 Å². The summed E-state index contributed by atoms with van der Waals surface area (Å²) in [7, 11) is 0. The van der Waals surface area contributed by atoms with E-state index in [-0.39, 0.29) is 11.9 Å². The molecule has 1 amide bonds. The van der Waals surface area contributed by atoms with Crippen LogP contribution >= 0.6 is 11.3 Å². The lowest BCUT2D eigenvalue weighted by Gasteiger charge is -2.10. The van der Waals surface area contributed by atoms with E-state index in [9.17, 15) is 4.79 Å². The van der Waals surface area contributed by atoms with Crippen LogP contribution in [0.1, 0.15) is 45.3 Å². The highest BCUT2D eigenvalue weighted by atomic mass is 32.1. The van der Waals surface area contributed by atoms with Crippen LogP contribution < -0.4 is 10.6 Å². The van der Waals surface area contributed by atoms with Crippen LogP contribution in [0.4, 0.5) is 0 Å². The van der Waals surface area contributed by atoms with E-state index >= 15 is 0 Å². The Morgan fingerprint density at radius 2 is 2.38 bits per heavy atom. The average Bonchev–Trinajstić information content (AvgIpc) is 3.13. The highest BCUT2D eigenvalue weighted by molar-refractivity contribution is 7.14. The van der Waals surface area contributed by atoms with Crippen molar-refractivity contribution in [3.05, 3.63) is 51.7 Å². The number of nitrogens with one attached hydrogen (secondary N) is 2. The smallest absolute Gasteiger partial charge is 0.261 e. The lowest BCUT2D eigenvalue weighted by atomic mass is 10.2. The molecule has 0 saturated heterocycles. The minimum atomic E-state index is -0.190. The molecule has 3 aromatic rings. The Labute approximate surface area is 144 Å². The Kier molecular flexibility index (Phi) is 4.08. The first-order chi connectivity index (χ1) is 11.7. The molecule has 5 nitrogen and oxygen atoms in total. The maximum Gasteiger partial charge on any atom is 0.261 e. The zero-order valence-corrected chi connectivity index (χ0v) is 14.3. The fourth-order valence-corrected chi connectivity index (χ4v) is 4.12. The van der Waals surface area contributed by atoms with E-state index in [1.807, 2.05) is 25.1 Å². The summed E-state index contributed by atoms with van der Waals surface area (Å²) in [5.74, 6) is 0.699. The predicted octanol–water partition coefficient (Wildman–Crippen LogP) is 3.42. The molecule has 0 fully saturated rings. The molecule has 0 aliphatic carbocycles. The van der Waals surface area contributed by atoms with E-state index in [1.165, 1.54) is 10.4 Å². The molecular formula is C18H19N3O2S. The van der Waals surface area contributed by atoms with Crippen LogP contribution in [0.3, 0.4) is 0 Å². The SMILES string of the molecule is CC(NC(=O)c1cc2c(s1)CCCNC2)c1cc2cnccc2o1. The topological polar surface area (TPSA) is 67.2 Å². The Balaban J connectivity index is 1.51. The van der Waals surface area contributed by atoms with E-state index in [1.54, 1.807) is 23.7 Å². The van der Waals surface area contributed by atoms with Gasteiger partial charge in [0.05, 0.1) is 10.9 Å². The third-order valence-electron chi connectivity index (χ3n) is 4.30. The second-order valence-electron chi connectivity index (χ2n) is 6.10. The van der Waals surface area contributed by atoms with Gasteiger partial charge in [-0.3, -0.25) is 9.78 Å². The number of aryl methyl sites for hydroxylation is 1. The quantitative estimate of drug-likeness (QED) is 0.766. The van der Waals surface area contributed by atoms with Crippen LogP contribution in [0.25, 0.3) is 11.0 Å². The molecule has 0 saturated carbocycles. The summed E-state index contributed by atoms with van der Waals surface area (Å²) in [5, 5.41) is 7.37. The number of carbonyl (C=O) groups is 1. The number of carbonyl (C=O) groups excluding carboxylic acids is 1. The molecule has 2 N–H and O–H groups in total. The van der Waals surface area contributed by atoms with Gasteiger partial charge < -0.3 is 15.1 Å². The van der Waals surface area contributed by atoms with Crippen LogP contribution in [0.15, 0.2) is 35.0 Å². The molecule has 0 bridgehead atoms. The van der Waals surface area contributed by atoms with Crippen molar-refractivity contribution in [3.8, 4) is 0 Å². The van der Waals surface area contributed by atoms with Crippen LogP contribution in [-0.4, -0.2) is 17.4 Å². The predicted molar refractivity (Wildman–Crippen MR) is 94.2 cm³/mol. The highest BCUT2D eigenvalue weighted by Crippen LogP contribution is 2.27. The molecule has 0 radical (unpaired) electrons. The minimum absolute atomic E-state index is 0.0424. The van der Waals surface area contributed by atoms with Gasteiger partial charge in [-0.2, -0.15) is 0 Å². The number of hydrogen-bond donors (Lipinski definition) is 2. The molecule has 4 heterocycles. The fraction of sp³-hybridized carbons (Fsp3) is 0.333. The Morgan fingerprint density at radius 1 is 1.46 bits per heavy atom. The maximum absolute atomic E-state index is 12.6. The number of nitrogens with zero attached hydrogens (tertiary/aromatic N) is 1. The third kappa shape index (κ3) is 2.95. The third-order valence-corrected chi connectivity index (χ3v) is 5.54. The molecule has 1 unspecified atom stereocenters. The molecule has 4 rings (SSSR count). The number of hydrogen-bond acceptors (Lipinski definition) is 5. The van der Waals surface area contributed by atoms with Gasteiger partial charge in [0.25, 0.3) is 5.91 Å². The van der Waals surface area contributed by atoms with E-state index in [0.29, 0.717) is 0 Å². The summed E-state index contributed by atoms with van der Waals surface area (Å²) >= 11 is 1.61. The molecule has 1 aliphatic rings. The van der Waals surface area contributed by atoms with Crippen molar-refractivity contribution < 1.29 is 9.21 Å². The molecule has 124 valence electrons. The number of rotatable bonds is 3. The van der Waals surface area contributed by atoms with Crippen molar-refractivity contribution >= 4 is 28.2 Å². The Bertz CT molecular complexity index is 827. The van der Waals surface area contributed by atoms with Crippen molar-refractivity contribution in [1.82, 2.24) is 15.6 Å². The summed E-state index contributed by atoms with van der Waals surface area (Å²) in [6, 6.07) is 5.59. The van der Waals surface area contributed by atoms with Crippen LogP contribution in [0, 0.1) is 0 Å². The molecular weight excluding hydrogens is 322 g/mol.